The highest BCUT2D eigenvalue weighted by atomic mass is 32.2. The van der Waals surface area contributed by atoms with Crippen molar-refractivity contribution < 1.29 is 13.6 Å². The smallest absolute Gasteiger partial charge is 0.209 e. The number of carbonyl (C=O) groups excluding carboxylic acids is 1. The van der Waals surface area contributed by atoms with Crippen molar-refractivity contribution in [3.63, 3.8) is 0 Å². The molecule has 0 saturated heterocycles. The van der Waals surface area contributed by atoms with Gasteiger partial charge in [-0.3, -0.25) is 9.89 Å². The van der Waals surface area contributed by atoms with Crippen LogP contribution in [0.2, 0.25) is 0 Å². The summed E-state index contributed by atoms with van der Waals surface area (Å²) in [6.45, 7) is 1.72. The number of halogens is 2. The Morgan fingerprint density at radius 1 is 1.12 bits per heavy atom. The van der Waals surface area contributed by atoms with Crippen LogP contribution < -0.4 is 0 Å². The summed E-state index contributed by atoms with van der Waals surface area (Å²) in [7, 11) is 0. The summed E-state index contributed by atoms with van der Waals surface area (Å²) in [5.74, 6) is -0.648. The third kappa shape index (κ3) is 3.51. The van der Waals surface area contributed by atoms with Gasteiger partial charge in [0.2, 0.25) is 5.16 Å². The van der Waals surface area contributed by atoms with Crippen molar-refractivity contribution >= 4 is 17.5 Å². The van der Waals surface area contributed by atoms with Gasteiger partial charge in [0.25, 0.3) is 0 Å². The van der Waals surface area contributed by atoms with Crippen molar-refractivity contribution in [1.82, 2.24) is 15.2 Å². The molecule has 0 radical (unpaired) electrons. The highest BCUT2D eigenvalue weighted by Crippen LogP contribution is 2.25. The summed E-state index contributed by atoms with van der Waals surface area (Å²) in [5.41, 5.74) is 0.732. The lowest BCUT2D eigenvalue weighted by Gasteiger charge is -2.07. The van der Waals surface area contributed by atoms with Crippen LogP contribution in [0.15, 0.2) is 53.7 Å². The van der Waals surface area contributed by atoms with Gasteiger partial charge in [0.1, 0.15) is 11.6 Å². The van der Waals surface area contributed by atoms with Gasteiger partial charge in [-0.25, -0.2) is 13.8 Å². The van der Waals surface area contributed by atoms with Crippen LogP contribution in [-0.2, 0) is 0 Å². The first-order valence-electron chi connectivity index (χ1n) is 7.18. The highest BCUT2D eigenvalue weighted by molar-refractivity contribution is 8.00. The number of aromatic nitrogens is 3. The molecular weight excluding hydrogens is 332 g/mol. The Kier molecular flexibility index (Phi) is 4.71. The van der Waals surface area contributed by atoms with Crippen LogP contribution in [0.5, 0.6) is 0 Å². The predicted molar refractivity (Wildman–Crippen MR) is 87.8 cm³/mol. The monoisotopic (exact) mass is 345 g/mol. The van der Waals surface area contributed by atoms with E-state index in [9.17, 15) is 13.6 Å². The molecule has 0 fully saturated rings. The van der Waals surface area contributed by atoms with E-state index in [-0.39, 0.29) is 5.78 Å². The molecule has 1 heterocycles. The molecule has 4 nitrogen and oxygen atoms in total. The molecule has 7 heteroatoms. The maximum atomic E-state index is 13.7. The number of Topliss-reactive ketones (excluding diaryl/α,β-unsaturated/α-hetero) is 1. The minimum absolute atomic E-state index is 0.155. The molecule has 24 heavy (non-hydrogen) atoms. The van der Waals surface area contributed by atoms with E-state index < -0.39 is 16.9 Å². The van der Waals surface area contributed by atoms with E-state index in [1.54, 1.807) is 25.1 Å². The Hall–Kier alpha value is -2.54. The van der Waals surface area contributed by atoms with Crippen molar-refractivity contribution in [2.45, 2.75) is 17.3 Å². The Morgan fingerprint density at radius 3 is 2.54 bits per heavy atom. The number of hydrogen-bond acceptors (Lipinski definition) is 4. The molecule has 0 amide bonds. The third-order valence-corrected chi connectivity index (χ3v) is 4.34. The first-order chi connectivity index (χ1) is 11.5. The molecule has 0 bridgehead atoms. The number of hydrogen-bond donors (Lipinski definition) is 1. The number of ketones is 1. The lowest BCUT2D eigenvalue weighted by atomic mass is 10.1. The van der Waals surface area contributed by atoms with Gasteiger partial charge < -0.3 is 0 Å². The molecule has 0 aliphatic heterocycles. The van der Waals surface area contributed by atoms with Crippen molar-refractivity contribution in [3.8, 4) is 11.4 Å². The van der Waals surface area contributed by atoms with Gasteiger partial charge >= 0.3 is 0 Å². The summed E-state index contributed by atoms with van der Waals surface area (Å²) in [5, 5.41) is 6.57. The maximum absolute atomic E-state index is 13.7. The first-order valence-corrected chi connectivity index (χ1v) is 8.06. The summed E-state index contributed by atoms with van der Waals surface area (Å²) in [4.78, 5) is 16.5. The quantitative estimate of drug-likeness (QED) is 0.558. The van der Waals surface area contributed by atoms with Gasteiger partial charge in [-0.15, -0.1) is 5.10 Å². The number of carbonyl (C=O) groups is 1. The van der Waals surface area contributed by atoms with Crippen LogP contribution in [0.3, 0.4) is 0 Å². The normalized spacial score (nSPS) is 12.1. The standard InChI is InChI=1S/C17H13F2N3OS/c1-10(15(23)11-6-8-12(18)9-7-11)24-17-20-16(21-22-17)13-4-2-3-5-14(13)19/h2-10H,1H3,(H,20,21,22)/t10-/m1/s1. The Labute approximate surface area is 141 Å². The van der Waals surface area contributed by atoms with Crippen LogP contribution in [0.25, 0.3) is 11.4 Å². The molecular formula is C17H13F2N3OS. The lowest BCUT2D eigenvalue weighted by molar-refractivity contribution is 0.0994. The molecule has 3 aromatic rings. The molecule has 1 N–H and O–H groups in total. The number of nitrogens with one attached hydrogen (secondary N) is 1. The fourth-order valence-electron chi connectivity index (χ4n) is 2.13. The third-order valence-electron chi connectivity index (χ3n) is 3.37. The van der Waals surface area contributed by atoms with Crippen LogP contribution in [0.1, 0.15) is 17.3 Å². The van der Waals surface area contributed by atoms with Gasteiger partial charge in [-0.2, -0.15) is 0 Å². The number of thioether (sulfide) groups is 1. The fourth-order valence-corrected chi connectivity index (χ4v) is 2.94. The molecule has 0 aliphatic rings. The number of H-pyrrole nitrogens is 1. The number of rotatable bonds is 5. The van der Waals surface area contributed by atoms with E-state index >= 15 is 0 Å². The SMILES string of the molecule is C[C@@H](Sc1n[nH]c(-c2ccccc2F)n1)C(=O)c1ccc(F)cc1. The summed E-state index contributed by atoms with van der Waals surface area (Å²) < 4.78 is 26.7. The topological polar surface area (TPSA) is 58.6 Å². The van der Waals surface area contributed by atoms with Crippen molar-refractivity contribution in [2.24, 2.45) is 0 Å². The molecule has 2 aromatic carbocycles. The van der Waals surface area contributed by atoms with E-state index in [0.717, 1.165) is 11.8 Å². The molecule has 0 unspecified atom stereocenters. The van der Waals surface area contributed by atoms with Gasteiger partial charge in [-0.1, -0.05) is 23.9 Å². The Bertz CT molecular complexity index is 864. The molecule has 3 rings (SSSR count). The zero-order chi connectivity index (χ0) is 17.1. The van der Waals surface area contributed by atoms with E-state index in [1.807, 2.05) is 0 Å². The largest absolute Gasteiger partial charge is 0.293 e. The van der Waals surface area contributed by atoms with Gasteiger partial charge in [0.15, 0.2) is 11.6 Å². The molecule has 1 aromatic heterocycles. The number of aromatic amines is 1. The van der Waals surface area contributed by atoms with Gasteiger partial charge in [-0.05, 0) is 43.3 Å². The van der Waals surface area contributed by atoms with Crippen LogP contribution in [-0.4, -0.2) is 26.2 Å². The molecule has 0 spiro atoms. The van der Waals surface area contributed by atoms with Crippen molar-refractivity contribution in [3.05, 3.63) is 65.7 Å². The maximum Gasteiger partial charge on any atom is 0.209 e. The molecule has 122 valence electrons. The molecule has 0 saturated carbocycles. The lowest BCUT2D eigenvalue weighted by Crippen LogP contribution is -2.13. The number of benzene rings is 2. The number of nitrogens with zero attached hydrogens (tertiary/aromatic N) is 2. The highest BCUT2D eigenvalue weighted by Gasteiger charge is 2.19. The van der Waals surface area contributed by atoms with E-state index in [0.29, 0.717) is 22.1 Å². The van der Waals surface area contributed by atoms with Crippen LogP contribution >= 0.6 is 11.8 Å². The van der Waals surface area contributed by atoms with Crippen LogP contribution in [0, 0.1) is 11.6 Å². The molecule has 1 atom stereocenters. The van der Waals surface area contributed by atoms with Crippen molar-refractivity contribution in [1.29, 1.82) is 0 Å². The summed E-state index contributed by atoms with van der Waals surface area (Å²) in [6, 6.07) is 11.6. The van der Waals surface area contributed by atoms with E-state index in [4.69, 9.17) is 0 Å². The zero-order valence-corrected chi connectivity index (χ0v) is 13.5. The van der Waals surface area contributed by atoms with Crippen molar-refractivity contribution in [2.75, 3.05) is 0 Å². The summed E-state index contributed by atoms with van der Waals surface area (Å²) in [6.07, 6.45) is 0. The second-order valence-electron chi connectivity index (χ2n) is 5.08. The second-order valence-corrected chi connectivity index (χ2v) is 6.39. The summed E-state index contributed by atoms with van der Waals surface area (Å²) >= 11 is 1.15. The fraction of sp³-hybridized carbons (Fsp3) is 0.118. The van der Waals surface area contributed by atoms with Gasteiger partial charge in [0, 0.05) is 5.56 Å². The average molecular weight is 345 g/mol. The second kappa shape index (κ2) is 6.92. The van der Waals surface area contributed by atoms with Crippen LogP contribution in [0.4, 0.5) is 8.78 Å². The first kappa shape index (κ1) is 16.3. The van der Waals surface area contributed by atoms with Gasteiger partial charge in [0.05, 0.1) is 10.8 Å². The Balaban J connectivity index is 1.73. The molecule has 0 aliphatic carbocycles. The average Bonchev–Trinajstić information content (AvgIpc) is 3.03. The zero-order valence-electron chi connectivity index (χ0n) is 12.7. The van der Waals surface area contributed by atoms with E-state index in [2.05, 4.69) is 15.2 Å². The minimum Gasteiger partial charge on any atom is -0.293 e. The Morgan fingerprint density at radius 2 is 1.83 bits per heavy atom. The predicted octanol–water partition coefficient (Wildman–Crippen LogP) is 4.11. The van der Waals surface area contributed by atoms with E-state index in [1.165, 1.54) is 30.3 Å². The minimum atomic E-state index is -0.459.